The van der Waals surface area contributed by atoms with Crippen LogP contribution in [0.2, 0.25) is 0 Å². The number of benzene rings is 11. The molecular formula is C96H68N6O2. The van der Waals surface area contributed by atoms with Gasteiger partial charge in [-0.15, -0.1) is 0 Å². The van der Waals surface area contributed by atoms with E-state index < -0.39 is 10.8 Å². The average Bonchev–Trinajstić information content (AvgIpc) is 0.707. The summed E-state index contributed by atoms with van der Waals surface area (Å²) in [6.45, 7) is 0. The van der Waals surface area contributed by atoms with Crippen molar-refractivity contribution in [3.05, 3.63) is 413 Å². The molecule has 13 aromatic rings. The van der Waals surface area contributed by atoms with Crippen LogP contribution in [0.15, 0.2) is 358 Å². The number of allylic oxidation sites excluding steroid dienone is 16. The fourth-order valence-electron chi connectivity index (χ4n) is 16.8. The molecule has 2 aromatic heterocycles. The third-order valence-corrected chi connectivity index (χ3v) is 21.5. The molecular weight excluding hydrogens is 1270 g/mol. The zero-order chi connectivity index (χ0) is 69.0. The Morgan fingerprint density at radius 3 is 1.23 bits per heavy atom. The number of ether oxygens (including phenoxy) is 2. The molecule has 11 aromatic carbocycles. The average molecular weight is 1340 g/mol. The Morgan fingerprint density at radius 1 is 0.279 bits per heavy atom. The van der Waals surface area contributed by atoms with Crippen LogP contribution < -0.4 is 9.47 Å². The standard InChI is InChI=1S/C96H68N6O2/c1-5-28-63(29-6-1)64-54-58-67(59-55-64)90-97-91(101-93(100-90)77-38-13-15-44-79(77)95(71-34-9-3-10-35-71)81-46-17-21-50-85(81)103-86-51-22-18-47-82(86)95)68-60-56-65(57-61-68)69-32-25-33-70(62-69)73-40-26-42-75-74(73)41-27-43-76(75)92-98-89(66-30-7-2-8-31-66)99-94(102-92)78-39-14-16-45-80(78)96(72-36-11-4-12-37-72)83-48-19-23-52-87(83)104-88-53-24-20-49-84(88)96/h1-5,7-11,13-28,30-36,38-62,74-75H,6,12,29,37H2. The lowest BCUT2D eigenvalue weighted by atomic mass is 9.60. The molecule has 0 spiro atoms. The van der Waals surface area contributed by atoms with Gasteiger partial charge in [-0.1, -0.05) is 327 Å². The van der Waals surface area contributed by atoms with Gasteiger partial charge in [-0.3, -0.25) is 0 Å². The Kier molecular flexibility index (Phi) is 15.6. The maximum atomic E-state index is 6.77. The molecule has 8 nitrogen and oxygen atoms in total. The van der Waals surface area contributed by atoms with E-state index in [1.54, 1.807) is 0 Å². The summed E-state index contributed by atoms with van der Waals surface area (Å²) in [5.74, 6) is 6.78. The molecule has 8 heteroatoms. The van der Waals surface area contributed by atoms with E-state index in [1.807, 2.05) is 30.3 Å². The van der Waals surface area contributed by atoms with Crippen molar-refractivity contribution in [3.63, 3.8) is 0 Å². The van der Waals surface area contributed by atoms with Crippen molar-refractivity contribution in [2.24, 2.45) is 11.8 Å². The molecule has 2 aliphatic heterocycles. The van der Waals surface area contributed by atoms with E-state index in [4.69, 9.17) is 39.4 Å². The summed E-state index contributed by atoms with van der Waals surface area (Å²) in [6.07, 6.45) is 30.7. The molecule has 6 aliphatic rings. The van der Waals surface area contributed by atoms with Crippen LogP contribution in [0.25, 0.3) is 84.8 Å². The fraction of sp³-hybridized carbons (Fsp3) is 0.0833. The van der Waals surface area contributed by atoms with E-state index in [2.05, 4.69) is 322 Å². The molecule has 19 rings (SSSR count). The summed E-state index contributed by atoms with van der Waals surface area (Å²) >= 11 is 0. The first kappa shape index (κ1) is 62.0. The lowest BCUT2D eigenvalue weighted by molar-refractivity contribution is 0.430. The molecule has 0 N–H and O–H groups in total. The van der Waals surface area contributed by atoms with Crippen LogP contribution in [0.1, 0.15) is 81.6 Å². The molecule has 0 fully saturated rings. The first-order valence-corrected chi connectivity index (χ1v) is 35.9. The molecule has 4 heterocycles. The van der Waals surface area contributed by atoms with E-state index in [0.29, 0.717) is 34.9 Å². The third-order valence-electron chi connectivity index (χ3n) is 21.5. The van der Waals surface area contributed by atoms with Crippen LogP contribution in [-0.4, -0.2) is 29.9 Å². The molecule has 0 saturated heterocycles. The van der Waals surface area contributed by atoms with Crippen molar-refractivity contribution in [2.45, 2.75) is 36.5 Å². The fourth-order valence-corrected chi connectivity index (χ4v) is 16.8. The lowest BCUT2D eigenvalue weighted by Gasteiger charge is -2.44. The van der Waals surface area contributed by atoms with Crippen LogP contribution >= 0.6 is 0 Å². The first-order valence-electron chi connectivity index (χ1n) is 35.9. The highest BCUT2D eigenvalue weighted by molar-refractivity contribution is 5.85. The Balaban J connectivity index is 0.678. The van der Waals surface area contributed by atoms with Gasteiger partial charge in [-0.25, -0.2) is 29.9 Å². The Labute approximate surface area is 605 Å². The summed E-state index contributed by atoms with van der Waals surface area (Å²) in [4.78, 5) is 32.8. The smallest absolute Gasteiger partial charge is 0.164 e. The van der Waals surface area contributed by atoms with E-state index in [-0.39, 0.29) is 11.8 Å². The van der Waals surface area contributed by atoms with Crippen LogP contribution in [0, 0.1) is 11.8 Å². The predicted molar refractivity (Wildman–Crippen MR) is 418 cm³/mol. The Bertz CT molecular complexity index is 5730. The molecule has 0 amide bonds. The highest BCUT2D eigenvalue weighted by atomic mass is 16.5. The minimum Gasteiger partial charge on any atom is -0.457 e. The monoisotopic (exact) mass is 1340 g/mol. The molecule has 104 heavy (non-hydrogen) atoms. The van der Waals surface area contributed by atoms with E-state index in [1.165, 1.54) is 22.3 Å². The second-order valence-corrected chi connectivity index (χ2v) is 27.2. The van der Waals surface area contributed by atoms with Crippen LogP contribution in [0.5, 0.6) is 23.0 Å². The van der Waals surface area contributed by atoms with E-state index >= 15 is 0 Å². The maximum Gasteiger partial charge on any atom is 0.164 e. The van der Waals surface area contributed by atoms with Gasteiger partial charge in [-0.2, -0.15) is 0 Å². The van der Waals surface area contributed by atoms with Crippen molar-refractivity contribution < 1.29 is 9.47 Å². The van der Waals surface area contributed by atoms with Crippen molar-refractivity contribution in [1.82, 2.24) is 29.9 Å². The largest absolute Gasteiger partial charge is 0.457 e. The summed E-state index contributed by atoms with van der Waals surface area (Å²) in [6, 6.07) is 98.5. The summed E-state index contributed by atoms with van der Waals surface area (Å²) in [5, 5.41) is 0. The molecule has 2 unspecified atom stereocenters. The van der Waals surface area contributed by atoms with Crippen molar-refractivity contribution in [3.8, 4) is 91.1 Å². The molecule has 0 radical (unpaired) electrons. The van der Waals surface area contributed by atoms with Crippen molar-refractivity contribution in [1.29, 1.82) is 0 Å². The van der Waals surface area contributed by atoms with Gasteiger partial charge in [-0.05, 0) is 106 Å². The number of para-hydroxylation sites is 4. The molecule has 0 bridgehead atoms. The maximum absolute atomic E-state index is 6.77. The van der Waals surface area contributed by atoms with Crippen LogP contribution in [-0.2, 0) is 10.8 Å². The van der Waals surface area contributed by atoms with Crippen LogP contribution in [0.3, 0.4) is 0 Å². The molecule has 2 atom stereocenters. The highest BCUT2D eigenvalue weighted by Gasteiger charge is 2.49. The van der Waals surface area contributed by atoms with Crippen molar-refractivity contribution in [2.75, 3.05) is 0 Å². The van der Waals surface area contributed by atoms with Gasteiger partial charge < -0.3 is 9.47 Å². The summed E-state index contributed by atoms with van der Waals surface area (Å²) in [5.41, 5.74) is 19.8. The summed E-state index contributed by atoms with van der Waals surface area (Å²) < 4.78 is 13.5. The van der Waals surface area contributed by atoms with Crippen LogP contribution in [0.4, 0.5) is 0 Å². The lowest BCUT2D eigenvalue weighted by Crippen LogP contribution is -2.36. The summed E-state index contributed by atoms with van der Waals surface area (Å²) in [7, 11) is 0. The van der Waals surface area contributed by atoms with Gasteiger partial charge in [0.25, 0.3) is 0 Å². The Morgan fingerprint density at radius 2 is 0.683 bits per heavy atom. The number of nitrogens with zero attached hydrogens (tertiary/aromatic N) is 6. The van der Waals surface area contributed by atoms with Gasteiger partial charge in [0.1, 0.15) is 23.0 Å². The molecule has 4 aliphatic carbocycles. The second kappa shape index (κ2) is 26.2. The van der Waals surface area contributed by atoms with Crippen molar-refractivity contribution >= 4 is 16.7 Å². The van der Waals surface area contributed by atoms with Gasteiger partial charge >= 0.3 is 0 Å². The SMILES string of the molecule is C1=CCCC(c2ccc(-c3nc(-c4ccc(-c5cccc(C6=CC=CC7C(c8nc(-c9ccccc9)nc(-c9ccccc9C9(C%10=CC=CCC%10)c%10ccccc%10Oc%10ccccc%109)n8)=CC=CC67)c5)cc4)nc(-c4ccccc4C4(c5ccccc5)c5ccccc5Oc5ccccc54)n3)cc2)=C1. The van der Waals surface area contributed by atoms with E-state index in [0.717, 1.165) is 138 Å². The predicted octanol–water partition coefficient (Wildman–Crippen LogP) is 22.8. The number of hydrogen-bond acceptors (Lipinski definition) is 8. The zero-order valence-corrected chi connectivity index (χ0v) is 57.0. The van der Waals surface area contributed by atoms with Gasteiger partial charge in [0.2, 0.25) is 0 Å². The van der Waals surface area contributed by atoms with E-state index in [9.17, 15) is 0 Å². The number of hydrogen-bond donors (Lipinski definition) is 0. The van der Waals surface area contributed by atoms with Gasteiger partial charge in [0, 0.05) is 67.5 Å². The minimum absolute atomic E-state index is 0.0105. The van der Waals surface area contributed by atoms with Gasteiger partial charge in [0.15, 0.2) is 34.9 Å². The second-order valence-electron chi connectivity index (χ2n) is 27.2. The van der Waals surface area contributed by atoms with Gasteiger partial charge in [0.05, 0.1) is 10.8 Å². The molecule has 0 saturated carbocycles. The highest BCUT2D eigenvalue weighted by Crippen LogP contribution is 2.60. The number of fused-ring (bicyclic) bond motifs is 5. The first-order chi connectivity index (χ1) is 51.5. The number of aromatic nitrogens is 6. The topological polar surface area (TPSA) is 95.8 Å². The zero-order valence-electron chi connectivity index (χ0n) is 57.0. The molecule has 494 valence electrons. The quantitative estimate of drug-likeness (QED) is 0.113. The minimum atomic E-state index is -0.810. The Hall–Kier alpha value is -13.0. The third kappa shape index (κ3) is 10.6. The normalized spacial score (nSPS) is 16.9. The number of rotatable bonds is 13.